The van der Waals surface area contributed by atoms with E-state index < -0.39 is 17.6 Å². The summed E-state index contributed by atoms with van der Waals surface area (Å²) in [7, 11) is 0. The smallest absolute Gasteiger partial charge is 0.411 e. The van der Waals surface area contributed by atoms with Gasteiger partial charge in [0.05, 0.1) is 6.61 Å². The summed E-state index contributed by atoms with van der Waals surface area (Å²) in [6.45, 7) is 6.13. The van der Waals surface area contributed by atoms with Gasteiger partial charge in [0, 0.05) is 6.54 Å². The molecule has 0 saturated heterocycles. The van der Waals surface area contributed by atoms with Crippen LogP contribution in [0.4, 0.5) is 4.79 Å². The van der Waals surface area contributed by atoms with Crippen LogP contribution in [0.15, 0.2) is 54.6 Å². The Morgan fingerprint density at radius 2 is 1.68 bits per heavy atom. The van der Waals surface area contributed by atoms with E-state index in [-0.39, 0.29) is 13.2 Å². The fraction of sp³-hybridized carbons (Fsp3) is 0.364. The number of hydrogen-bond acceptors (Lipinski definition) is 4. The lowest BCUT2D eigenvalue weighted by atomic mass is 9.90. The summed E-state index contributed by atoms with van der Waals surface area (Å²) in [4.78, 5) is 26.3. The molecule has 28 heavy (non-hydrogen) atoms. The number of nitrogens with zero attached hydrogens (tertiary/aromatic N) is 1. The van der Waals surface area contributed by atoms with Gasteiger partial charge in [-0.1, -0.05) is 49.4 Å². The molecule has 0 saturated carbocycles. The van der Waals surface area contributed by atoms with E-state index in [1.807, 2.05) is 44.2 Å². The van der Waals surface area contributed by atoms with Gasteiger partial charge in [0.15, 0.2) is 5.54 Å². The van der Waals surface area contributed by atoms with Gasteiger partial charge < -0.3 is 14.6 Å². The third-order valence-electron chi connectivity index (χ3n) is 4.56. The van der Waals surface area contributed by atoms with Crippen molar-refractivity contribution in [2.75, 3.05) is 13.2 Å². The Morgan fingerprint density at radius 1 is 1.04 bits per heavy atom. The van der Waals surface area contributed by atoms with E-state index >= 15 is 0 Å². The summed E-state index contributed by atoms with van der Waals surface area (Å²) < 4.78 is 10.8. The van der Waals surface area contributed by atoms with Gasteiger partial charge in [-0.2, -0.15) is 0 Å². The molecular weight excluding hydrogens is 358 g/mol. The van der Waals surface area contributed by atoms with Crippen LogP contribution in [0.3, 0.4) is 0 Å². The zero-order valence-corrected chi connectivity index (χ0v) is 16.6. The highest BCUT2D eigenvalue weighted by molar-refractivity contribution is 5.85. The average Bonchev–Trinajstić information content (AvgIpc) is 2.71. The third-order valence-corrected chi connectivity index (χ3v) is 4.56. The monoisotopic (exact) mass is 385 g/mol. The molecule has 0 aliphatic rings. The Balaban J connectivity index is 2.28. The van der Waals surface area contributed by atoms with E-state index in [0.717, 1.165) is 5.56 Å². The van der Waals surface area contributed by atoms with Gasteiger partial charge in [0.2, 0.25) is 0 Å². The molecular formula is C22H27NO5. The number of carbonyl (C=O) groups is 2. The van der Waals surface area contributed by atoms with Crippen LogP contribution in [0.2, 0.25) is 0 Å². The van der Waals surface area contributed by atoms with Crippen molar-refractivity contribution in [3.8, 4) is 5.75 Å². The lowest BCUT2D eigenvalue weighted by Crippen LogP contribution is -2.53. The predicted molar refractivity (Wildman–Crippen MR) is 106 cm³/mol. The molecule has 150 valence electrons. The topological polar surface area (TPSA) is 76.1 Å². The second-order valence-corrected chi connectivity index (χ2v) is 6.53. The SMILES string of the molecule is CCCN(C(=O)OCc1ccccc1)C(C)(C(=O)O)c1ccc(OCC)cc1. The zero-order valence-electron chi connectivity index (χ0n) is 16.6. The summed E-state index contributed by atoms with van der Waals surface area (Å²) in [5, 5.41) is 10.0. The molecule has 0 radical (unpaired) electrons. The Hall–Kier alpha value is -3.02. The summed E-state index contributed by atoms with van der Waals surface area (Å²) in [5.74, 6) is -0.477. The van der Waals surface area contributed by atoms with Gasteiger partial charge in [0.1, 0.15) is 12.4 Å². The van der Waals surface area contributed by atoms with Crippen LogP contribution < -0.4 is 4.74 Å². The maximum atomic E-state index is 12.8. The second kappa shape index (κ2) is 9.78. The molecule has 2 rings (SSSR count). The number of ether oxygens (including phenoxy) is 2. The van der Waals surface area contributed by atoms with E-state index in [1.165, 1.54) is 11.8 Å². The Labute approximate surface area is 165 Å². The van der Waals surface area contributed by atoms with Crippen LogP contribution >= 0.6 is 0 Å². The number of carboxylic acid groups (broad SMARTS) is 1. The maximum absolute atomic E-state index is 12.8. The van der Waals surface area contributed by atoms with Crippen LogP contribution in [-0.2, 0) is 21.7 Å². The Morgan fingerprint density at radius 3 is 2.21 bits per heavy atom. The van der Waals surface area contributed by atoms with E-state index in [9.17, 15) is 14.7 Å². The Kier molecular flexibility index (Phi) is 7.44. The lowest BCUT2D eigenvalue weighted by molar-refractivity contribution is -0.150. The summed E-state index contributed by atoms with van der Waals surface area (Å²) >= 11 is 0. The number of rotatable bonds is 9. The van der Waals surface area contributed by atoms with Crippen molar-refractivity contribution in [3.05, 3.63) is 65.7 Å². The number of carboxylic acids is 1. The first-order valence-corrected chi connectivity index (χ1v) is 9.38. The van der Waals surface area contributed by atoms with Crippen molar-refractivity contribution in [3.63, 3.8) is 0 Å². The number of hydrogen-bond donors (Lipinski definition) is 1. The van der Waals surface area contributed by atoms with Crippen LogP contribution in [0.1, 0.15) is 38.3 Å². The minimum absolute atomic E-state index is 0.0822. The normalized spacial score (nSPS) is 12.7. The molecule has 6 nitrogen and oxygen atoms in total. The minimum Gasteiger partial charge on any atom is -0.494 e. The van der Waals surface area contributed by atoms with Crippen LogP contribution in [0.25, 0.3) is 0 Å². The quantitative estimate of drug-likeness (QED) is 0.691. The van der Waals surface area contributed by atoms with Crippen molar-refractivity contribution >= 4 is 12.1 Å². The molecule has 0 fully saturated rings. The van der Waals surface area contributed by atoms with E-state index in [1.54, 1.807) is 24.3 Å². The first-order chi connectivity index (χ1) is 13.4. The molecule has 2 aromatic carbocycles. The highest BCUT2D eigenvalue weighted by Crippen LogP contribution is 2.31. The van der Waals surface area contributed by atoms with E-state index in [4.69, 9.17) is 9.47 Å². The molecule has 6 heteroatoms. The molecule has 1 N–H and O–H groups in total. The summed E-state index contributed by atoms with van der Waals surface area (Å²) in [6.07, 6.45) is -0.0650. The van der Waals surface area contributed by atoms with Crippen molar-refractivity contribution in [2.24, 2.45) is 0 Å². The third kappa shape index (κ3) is 4.82. The largest absolute Gasteiger partial charge is 0.494 e. The highest BCUT2D eigenvalue weighted by Gasteiger charge is 2.44. The van der Waals surface area contributed by atoms with Gasteiger partial charge in [-0.25, -0.2) is 9.59 Å². The van der Waals surface area contributed by atoms with Crippen molar-refractivity contribution < 1.29 is 24.2 Å². The predicted octanol–water partition coefficient (Wildman–Crippen LogP) is 4.43. The molecule has 0 heterocycles. The fourth-order valence-corrected chi connectivity index (χ4v) is 2.96. The van der Waals surface area contributed by atoms with E-state index in [0.29, 0.717) is 24.3 Å². The van der Waals surface area contributed by atoms with Gasteiger partial charge >= 0.3 is 12.1 Å². The van der Waals surface area contributed by atoms with Crippen LogP contribution in [0, 0.1) is 0 Å². The number of amides is 1. The molecule has 0 bridgehead atoms. The molecule has 0 aliphatic carbocycles. The number of carbonyl (C=O) groups excluding carboxylic acids is 1. The fourth-order valence-electron chi connectivity index (χ4n) is 2.96. The standard InChI is InChI=1S/C22H27NO5/c1-4-15-23(21(26)28-16-17-9-7-6-8-10-17)22(3,20(24)25)18-11-13-19(14-12-18)27-5-2/h6-14H,4-5,15-16H2,1-3H3,(H,24,25). The Bertz CT molecular complexity index is 775. The molecule has 1 amide bonds. The van der Waals surface area contributed by atoms with Crippen LogP contribution in [-0.4, -0.2) is 35.2 Å². The first-order valence-electron chi connectivity index (χ1n) is 9.38. The number of benzene rings is 2. The molecule has 1 atom stereocenters. The molecule has 0 spiro atoms. The van der Waals surface area contributed by atoms with Crippen molar-refractivity contribution in [1.29, 1.82) is 0 Å². The molecule has 0 aromatic heterocycles. The van der Waals surface area contributed by atoms with Crippen molar-refractivity contribution in [1.82, 2.24) is 4.90 Å². The second-order valence-electron chi connectivity index (χ2n) is 6.53. The van der Waals surface area contributed by atoms with Gasteiger partial charge in [-0.3, -0.25) is 4.90 Å². The molecule has 2 aromatic rings. The first kappa shape index (κ1) is 21.3. The minimum atomic E-state index is -1.56. The van der Waals surface area contributed by atoms with Gasteiger partial charge in [-0.05, 0) is 43.5 Å². The number of aliphatic carboxylic acids is 1. The molecule has 1 unspecified atom stereocenters. The van der Waals surface area contributed by atoms with Crippen molar-refractivity contribution in [2.45, 2.75) is 39.3 Å². The molecule has 0 aliphatic heterocycles. The average molecular weight is 385 g/mol. The highest BCUT2D eigenvalue weighted by atomic mass is 16.6. The van der Waals surface area contributed by atoms with Crippen LogP contribution in [0.5, 0.6) is 5.75 Å². The lowest BCUT2D eigenvalue weighted by Gasteiger charge is -2.37. The summed E-state index contributed by atoms with van der Waals surface area (Å²) in [6, 6.07) is 16.0. The zero-order chi connectivity index (χ0) is 20.6. The van der Waals surface area contributed by atoms with Gasteiger partial charge in [-0.15, -0.1) is 0 Å². The summed E-state index contributed by atoms with van der Waals surface area (Å²) in [5.41, 5.74) is -0.243. The van der Waals surface area contributed by atoms with Gasteiger partial charge in [0.25, 0.3) is 0 Å². The van der Waals surface area contributed by atoms with E-state index in [2.05, 4.69) is 0 Å². The maximum Gasteiger partial charge on any atom is 0.411 e.